The molecule has 0 fully saturated rings. The minimum atomic E-state index is 0. The van der Waals surface area contributed by atoms with Gasteiger partial charge in [0.05, 0.1) is 0 Å². The van der Waals surface area contributed by atoms with Gasteiger partial charge >= 0.3 is 0 Å². The van der Waals surface area contributed by atoms with E-state index in [2.05, 4.69) is 32.8 Å². The number of rotatable bonds is 23. The summed E-state index contributed by atoms with van der Waals surface area (Å²) in [5, 5.41) is 0. The standard InChI is InChI=1S/C27H57N.H2S/c1-5-7-9-11-13-15-17-19-21-23-25-27(28(3)4)26-24-22-20-18-16-14-12-10-8-6-2;/h27H,5-26H2,1-4H3;1H2. The highest BCUT2D eigenvalue weighted by molar-refractivity contribution is 7.59. The first kappa shape index (κ1) is 31.5. The molecule has 0 N–H and O–H groups in total. The fraction of sp³-hybridized carbons (Fsp3) is 1.00. The van der Waals surface area contributed by atoms with Gasteiger partial charge in [-0.2, -0.15) is 13.5 Å². The molecule has 29 heavy (non-hydrogen) atoms. The highest BCUT2D eigenvalue weighted by atomic mass is 32.1. The van der Waals surface area contributed by atoms with Crippen LogP contribution in [0.2, 0.25) is 0 Å². The Labute approximate surface area is 193 Å². The molecule has 178 valence electrons. The van der Waals surface area contributed by atoms with Gasteiger partial charge in [0.2, 0.25) is 0 Å². The van der Waals surface area contributed by atoms with E-state index in [0.29, 0.717) is 0 Å². The maximum absolute atomic E-state index is 2.49. The van der Waals surface area contributed by atoms with E-state index in [1.807, 2.05) is 0 Å². The van der Waals surface area contributed by atoms with Crippen molar-refractivity contribution in [3.63, 3.8) is 0 Å². The second-order valence-electron chi connectivity index (χ2n) is 9.56. The summed E-state index contributed by atoms with van der Waals surface area (Å²) >= 11 is 0. The minimum absolute atomic E-state index is 0. The zero-order valence-electron chi connectivity index (χ0n) is 21.1. The molecule has 0 radical (unpaired) electrons. The van der Waals surface area contributed by atoms with Crippen molar-refractivity contribution in [2.45, 2.75) is 161 Å². The van der Waals surface area contributed by atoms with Crippen LogP contribution in [0, 0.1) is 0 Å². The molecule has 0 atom stereocenters. The number of hydrogen-bond donors (Lipinski definition) is 0. The third kappa shape index (κ3) is 24.5. The Bertz CT molecular complexity index is 256. The molecule has 0 aromatic rings. The Kier molecular flexibility index (Phi) is 28.6. The van der Waals surface area contributed by atoms with Crippen molar-refractivity contribution in [3.05, 3.63) is 0 Å². The van der Waals surface area contributed by atoms with Gasteiger partial charge in [-0.15, -0.1) is 0 Å². The van der Waals surface area contributed by atoms with Crippen molar-refractivity contribution in [2.24, 2.45) is 0 Å². The van der Waals surface area contributed by atoms with E-state index in [-0.39, 0.29) is 13.5 Å². The van der Waals surface area contributed by atoms with E-state index in [1.165, 1.54) is 141 Å². The van der Waals surface area contributed by atoms with Crippen molar-refractivity contribution in [1.82, 2.24) is 4.90 Å². The third-order valence-corrected chi connectivity index (χ3v) is 6.51. The Morgan fingerprint density at radius 2 is 0.655 bits per heavy atom. The Morgan fingerprint density at radius 1 is 0.414 bits per heavy atom. The van der Waals surface area contributed by atoms with Gasteiger partial charge in [-0.1, -0.05) is 142 Å². The van der Waals surface area contributed by atoms with E-state index in [1.54, 1.807) is 0 Å². The van der Waals surface area contributed by atoms with Crippen LogP contribution in [-0.2, 0) is 0 Å². The van der Waals surface area contributed by atoms with Crippen molar-refractivity contribution in [2.75, 3.05) is 14.1 Å². The van der Waals surface area contributed by atoms with E-state index in [0.717, 1.165) is 6.04 Å². The van der Waals surface area contributed by atoms with Crippen LogP contribution in [0.3, 0.4) is 0 Å². The van der Waals surface area contributed by atoms with Crippen LogP contribution >= 0.6 is 13.5 Å². The SMILES string of the molecule is CCCCCCCCCCCCC(CCCCCCCCCCCC)N(C)C.S. The zero-order valence-corrected chi connectivity index (χ0v) is 22.1. The molecule has 0 aromatic heterocycles. The molecule has 0 rings (SSSR count). The normalized spacial score (nSPS) is 11.4. The quantitative estimate of drug-likeness (QED) is 0.146. The molecule has 0 aliphatic rings. The van der Waals surface area contributed by atoms with Crippen molar-refractivity contribution in [1.29, 1.82) is 0 Å². The molecule has 0 bridgehead atoms. The number of nitrogens with zero attached hydrogens (tertiary/aromatic N) is 1. The molecule has 0 saturated carbocycles. The maximum atomic E-state index is 2.49. The molecule has 0 aromatic carbocycles. The lowest BCUT2D eigenvalue weighted by Gasteiger charge is -2.24. The van der Waals surface area contributed by atoms with Crippen LogP contribution in [0.4, 0.5) is 0 Å². The van der Waals surface area contributed by atoms with Crippen LogP contribution in [0.25, 0.3) is 0 Å². The van der Waals surface area contributed by atoms with Crippen LogP contribution in [0.5, 0.6) is 0 Å². The topological polar surface area (TPSA) is 3.24 Å². The van der Waals surface area contributed by atoms with E-state index < -0.39 is 0 Å². The van der Waals surface area contributed by atoms with Gasteiger partial charge in [0.1, 0.15) is 0 Å². The summed E-state index contributed by atoms with van der Waals surface area (Å²) in [4.78, 5) is 2.49. The van der Waals surface area contributed by atoms with E-state index in [4.69, 9.17) is 0 Å². The summed E-state index contributed by atoms with van der Waals surface area (Å²) in [6, 6.07) is 0.822. The third-order valence-electron chi connectivity index (χ3n) is 6.51. The number of unbranched alkanes of at least 4 members (excludes halogenated alkanes) is 18. The largest absolute Gasteiger partial charge is 0.306 e. The second-order valence-corrected chi connectivity index (χ2v) is 9.56. The Balaban J connectivity index is 0. The van der Waals surface area contributed by atoms with Gasteiger partial charge in [0.15, 0.2) is 0 Å². The molecular formula is C27H59NS. The molecule has 0 aliphatic carbocycles. The predicted octanol–water partition coefficient (Wildman–Crippen LogP) is 9.65. The van der Waals surface area contributed by atoms with Gasteiger partial charge in [-0.05, 0) is 26.9 Å². The van der Waals surface area contributed by atoms with Gasteiger partial charge in [-0.25, -0.2) is 0 Å². The van der Waals surface area contributed by atoms with Gasteiger partial charge < -0.3 is 4.90 Å². The highest BCUT2D eigenvalue weighted by Crippen LogP contribution is 2.18. The first-order chi connectivity index (χ1) is 13.7. The summed E-state index contributed by atoms with van der Waals surface area (Å²) in [7, 11) is 4.58. The second kappa shape index (κ2) is 26.3. The average Bonchev–Trinajstić information content (AvgIpc) is 2.68. The predicted molar refractivity (Wildman–Crippen MR) is 141 cm³/mol. The van der Waals surface area contributed by atoms with Crippen molar-refractivity contribution < 1.29 is 0 Å². The van der Waals surface area contributed by atoms with Crippen LogP contribution in [0.1, 0.15) is 155 Å². The summed E-state index contributed by atoms with van der Waals surface area (Å²) < 4.78 is 0. The smallest absolute Gasteiger partial charge is 0.00891 e. The van der Waals surface area contributed by atoms with Crippen molar-refractivity contribution >= 4 is 13.5 Å². The lowest BCUT2D eigenvalue weighted by Crippen LogP contribution is -2.27. The molecule has 0 saturated heterocycles. The summed E-state index contributed by atoms with van der Waals surface area (Å²) in [5.74, 6) is 0. The molecule has 0 amide bonds. The zero-order chi connectivity index (χ0) is 20.7. The molecule has 0 heterocycles. The Hall–Kier alpha value is 0.310. The average molecular weight is 430 g/mol. The maximum Gasteiger partial charge on any atom is 0.00891 e. The molecule has 2 heteroatoms. The highest BCUT2D eigenvalue weighted by Gasteiger charge is 2.10. The monoisotopic (exact) mass is 429 g/mol. The lowest BCUT2D eigenvalue weighted by atomic mass is 9.99. The lowest BCUT2D eigenvalue weighted by molar-refractivity contribution is 0.251. The fourth-order valence-electron chi connectivity index (χ4n) is 4.40. The van der Waals surface area contributed by atoms with Crippen LogP contribution in [-0.4, -0.2) is 25.0 Å². The fourth-order valence-corrected chi connectivity index (χ4v) is 4.40. The van der Waals surface area contributed by atoms with E-state index >= 15 is 0 Å². The first-order valence-electron chi connectivity index (χ1n) is 13.4. The van der Waals surface area contributed by atoms with Gasteiger partial charge in [-0.3, -0.25) is 0 Å². The molecule has 0 unspecified atom stereocenters. The summed E-state index contributed by atoms with van der Waals surface area (Å²) in [6.07, 6.45) is 31.8. The van der Waals surface area contributed by atoms with Gasteiger partial charge in [0, 0.05) is 6.04 Å². The Morgan fingerprint density at radius 3 is 0.897 bits per heavy atom. The molecule has 0 aliphatic heterocycles. The first-order valence-corrected chi connectivity index (χ1v) is 13.4. The van der Waals surface area contributed by atoms with Crippen LogP contribution < -0.4 is 0 Å². The van der Waals surface area contributed by atoms with E-state index in [9.17, 15) is 0 Å². The molecular weight excluding hydrogens is 370 g/mol. The molecule has 1 nitrogen and oxygen atoms in total. The minimum Gasteiger partial charge on any atom is -0.306 e. The van der Waals surface area contributed by atoms with Crippen molar-refractivity contribution in [3.8, 4) is 0 Å². The number of hydrogen-bond acceptors (Lipinski definition) is 1. The van der Waals surface area contributed by atoms with Crippen LogP contribution in [0.15, 0.2) is 0 Å². The van der Waals surface area contributed by atoms with Gasteiger partial charge in [0.25, 0.3) is 0 Å². The summed E-state index contributed by atoms with van der Waals surface area (Å²) in [5.41, 5.74) is 0. The summed E-state index contributed by atoms with van der Waals surface area (Å²) in [6.45, 7) is 4.61. The molecule has 0 spiro atoms.